The predicted octanol–water partition coefficient (Wildman–Crippen LogP) is 2.52. The Morgan fingerprint density at radius 3 is 2.70 bits per heavy atom. The van der Waals surface area contributed by atoms with E-state index in [4.69, 9.17) is 16.3 Å². The Kier molecular flexibility index (Phi) is 7.87. The van der Waals surface area contributed by atoms with Gasteiger partial charge in [-0.25, -0.2) is 13.4 Å². The van der Waals surface area contributed by atoms with Crippen molar-refractivity contribution in [2.75, 3.05) is 52.5 Å². The molecular weight excluding hydrogens is 598 g/mol. The lowest BCUT2D eigenvalue weighted by atomic mass is 10.1. The first-order chi connectivity index (χ1) is 19.2. The zero-order valence-corrected chi connectivity index (χ0v) is 24.7. The lowest BCUT2D eigenvalue weighted by molar-refractivity contribution is -0.136. The Hall–Kier alpha value is -2.17. The predicted molar refractivity (Wildman–Crippen MR) is 150 cm³/mol. The number of ether oxygens (including phenoxy) is 1. The van der Waals surface area contributed by atoms with Gasteiger partial charge in [0.25, 0.3) is 15.9 Å². The van der Waals surface area contributed by atoms with E-state index < -0.39 is 16.1 Å². The summed E-state index contributed by atoms with van der Waals surface area (Å²) < 4.78 is 35.2. The fourth-order valence-electron chi connectivity index (χ4n) is 5.26. The molecule has 1 N–H and O–H groups in total. The molecule has 0 bridgehead atoms. The second-order valence-corrected chi connectivity index (χ2v) is 14.8. The van der Waals surface area contributed by atoms with Crippen molar-refractivity contribution in [1.29, 1.82) is 0 Å². The lowest BCUT2D eigenvalue weighted by Crippen LogP contribution is -2.58. The van der Waals surface area contributed by atoms with Crippen LogP contribution >= 0.6 is 34.3 Å². The first-order valence-corrected chi connectivity index (χ1v) is 16.4. The van der Waals surface area contributed by atoms with Crippen molar-refractivity contribution >= 4 is 66.2 Å². The van der Waals surface area contributed by atoms with E-state index in [1.54, 1.807) is 34.1 Å². The molecule has 2 fully saturated rings. The van der Waals surface area contributed by atoms with Gasteiger partial charge in [0.15, 0.2) is 5.01 Å². The number of piperazine rings is 1. The molecular formula is C25H28ClN5O6S3. The number of halogens is 1. The highest BCUT2D eigenvalue weighted by Crippen LogP contribution is 2.34. The Bertz CT molecular complexity index is 1550. The van der Waals surface area contributed by atoms with Crippen molar-refractivity contribution < 1.29 is 28.0 Å². The van der Waals surface area contributed by atoms with Crippen molar-refractivity contribution in [1.82, 2.24) is 24.2 Å². The van der Waals surface area contributed by atoms with Crippen LogP contribution in [0.5, 0.6) is 0 Å². The molecule has 1 unspecified atom stereocenters. The third kappa shape index (κ3) is 5.51. The molecule has 214 valence electrons. The number of amides is 2. The van der Waals surface area contributed by atoms with Gasteiger partial charge in [-0.05, 0) is 23.6 Å². The molecule has 1 aromatic carbocycles. The average Bonchev–Trinajstić information content (AvgIpc) is 3.57. The quantitative estimate of drug-likeness (QED) is 0.459. The monoisotopic (exact) mass is 625 g/mol. The molecule has 0 radical (unpaired) electrons. The number of hydrogen-bond donors (Lipinski definition) is 1. The van der Waals surface area contributed by atoms with Crippen molar-refractivity contribution in [2.45, 2.75) is 29.6 Å². The lowest BCUT2D eigenvalue weighted by Gasteiger charge is -2.41. The van der Waals surface area contributed by atoms with Crippen LogP contribution in [-0.2, 0) is 32.5 Å². The van der Waals surface area contributed by atoms with Crippen LogP contribution in [0, 0.1) is 0 Å². The molecule has 40 heavy (non-hydrogen) atoms. The molecule has 0 spiro atoms. The van der Waals surface area contributed by atoms with Crippen LogP contribution in [0.15, 0.2) is 28.5 Å². The summed E-state index contributed by atoms with van der Waals surface area (Å²) in [6.45, 7) is 2.80. The van der Waals surface area contributed by atoms with Gasteiger partial charge in [-0.3, -0.25) is 9.59 Å². The molecule has 1 atom stereocenters. The summed E-state index contributed by atoms with van der Waals surface area (Å²) in [6.07, 6.45) is 0.538. The molecule has 15 heteroatoms. The summed E-state index contributed by atoms with van der Waals surface area (Å²) in [7, 11) is -3.87. The minimum atomic E-state index is -3.87. The first-order valence-electron chi connectivity index (χ1n) is 13.0. The zero-order valence-electron chi connectivity index (χ0n) is 21.5. The average molecular weight is 626 g/mol. The van der Waals surface area contributed by atoms with Crippen molar-refractivity contribution in [2.24, 2.45) is 0 Å². The van der Waals surface area contributed by atoms with Gasteiger partial charge in [0.1, 0.15) is 4.21 Å². The molecule has 0 aliphatic carbocycles. The van der Waals surface area contributed by atoms with Gasteiger partial charge in [-0.1, -0.05) is 17.7 Å². The van der Waals surface area contributed by atoms with E-state index in [-0.39, 0.29) is 42.1 Å². The topological polar surface area (TPSA) is 124 Å². The third-order valence-corrected chi connectivity index (χ3v) is 12.1. The highest BCUT2D eigenvalue weighted by atomic mass is 35.5. The number of morpholine rings is 1. The number of carbonyl (C=O) groups excluding carboxylic acids is 2. The minimum absolute atomic E-state index is 0.00467. The fraction of sp³-hybridized carbons (Fsp3) is 0.480. The van der Waals surface area contributed by atoms with Crippen LogP contribution in [0.2, 0.25) is 5.02 Å². The van der Waals surface area contributed by atoms with Gasteiger partial charge in [-0.15, -0.1) is 22.7 Å². The van der Waals surface area contributed by atoms with Gasteiger partial charge < -0.3 is 19.7 Å². The minimum Gasteiger partial charge on any atom is -0.378 e. The van der Waals surface area contributed by atoms with Gasteiger partial charge in [0.05, 0.1) is 31.5 Å². The number of thiophene rings is 1. The van der Waals surface area contributed by atoms with Crippen LogP contribution in [0.3, 0.4) is 0 Å². The van der Waals surface area contributed by atoms with Crippen LogP contribution in [0.1, 0.15) is 26.8 Å². The standard InChI is InChI=1S/C25H28ClN5O6S3/c26-17-2-1-16-11-23(38-20(16)12-17)40(35,36)30-5-6-31(18(14-30)13-22(32)28-7-9-37-10-8-28)25(33)24-27-19-3-4-29(34)15-21(19)39-24/h1-2,11-12,18,34H,3-10,13-15H2. The molecule has 11 nitrogen and oxygen atoms in total. The summed E-state index contributed by atoms with van der Waals surface area (Å²) in [5.74, 6) is -0.464. The SMILES string of the molecule is O=C(CC1CN(S(=O)(=O)c2cc3ccc(Cl)cc3s2)CCN1C(=O)c1nc2c(s1)CN(O)CC2)N1CCOCC1. The van der Waals surface area contributed by atoms with E-state index in [0.29, 0.717) is 55.8 Å². The molecule has 2 aromatic heterocycles. The largest absolute Gasteiger partial charge is 0.378 e. The molecule has 2 amide bonds. The molecule has 5 heterocycles. The number of nitrogens with zero attached hydrogens (tertiary/aromatic N) is 5. The maximum absolute atomic E-state index is 13.7. The number of fused-ring (bicyclic) bond motifs is 2. The summed E-state index contributed by atoms with van der Waals surface area (Å²) in [4.78, 5) is 35.6. The van der Waals surface area contributed by atoms with Crippen molar-refractivity contribution in [3.05, 3.63) is 44.9 Å². The second-order valence-electron chi connectivity index (χ2n) is 9.99. The van der Waals surface area contributed by atoms with Crippen molar-refractivity contribution in [3.8, 4) is 0 Å². The number of aromatic nitrogens is 1. The van der Waals surface area contributed by atoms with Crippen LogP contribution in [0.4, 0.5) is 0 Å². The van der Waals surface area contributed by atoms with Crippen molar-refractivity contribution in [3.63, 3.8) is 0 Å². The Balaban J connectivity index is 1.27. The van der Waals surface area contributed by atoms with E-state index in [1.165, 1.54) is 20.7 Å². The Labute approximate surface area is 244 Å². The van der Waals surface area contributed by atoms with Crippen LogP contribution < -0.4 is 0 Å². The molecule has 3 aliphatic heterocycles. The molecule has 6 rings (SSSR count). The van der Waals surface area contributed by atoms with Crippen LogP contribution in [0.25, 0.3) is 10.1 Å². The molecule has 0 saturated carbocycles. The summed E-state index contributed by atoms with van der Waals surface area (Å²) in [5, 5.41) is 12.7. The highest BCUT2D eigenvalue weighted by Gasteiger charge is 2.40. The number of carbonyl (C=O) groups is 2. The Morgan fingerprint density at radius 1 is 1.10 bits per heavy atom. The van der Waals surface area contributed by atoms with E-state index in [0.717, 1.165) is 32.0 Å². The van der Waals surface area contributed by atoms with E-state index in [9.17, 15) is 23.2 Å². The number of rotatable bonds is 5. The third-order valence-electron chi connectivity index (χ3n) is 7.43. The summed E-state index contributed by atoms with van der Waals surface area (Å²) in [6, 6.07) is 6.23. The van der Waals surface area contributed by atoms with Gasteiger partial charge in [-0.2, -0.15) is 9.37 Å². The van der Waals surface area contributed by atoms with E-state index >= 15 is 0 Å². The Morgan fingerprint density at radius 2 is 1.90 bits per heavy atom. The smallest absolute Gasteiger partial charge is 0.283 e. The maximum Gasteiger partial charge on any atom is 0.283 e. The molecule has 2 saturated heterocycles. The van der Waals surface area contributed by atoms with Crippen LogP contribution in [-0.4, -0.2) is 108 Å². The maximum atomic E-state index is 13.7. The number of benzene rings is 1. The normalized spacial score (nSPS) is 21.1. The number of hydroxylamine groups is 2. The summed E-state index contributed by atoms with van der Waals surface area (Å²) >= 11 is 8.50. The zero-order chi connectivity index (χ0) is 28.0. The van der Waals surface area contributed by atoms with Gasteiger partial charge in [0.2, 0.25) is 5.91 Å². The number of sulfonamides is 1. The van der Waals surface area contributed by atoms with E-state index in [2.05, 4.69) is 4.98 Å². The van der Waals surface area contributed by atoms with Gasteiger partial charge >= 0.3 is 0 Å². The number of thiazole rings is 1. The molecule has 3 aromatic rings. The van der Waals surface area contributed by atoms with E-state index in [1.807, 2.05) is 0 Å². The second kappa shape index (κ2) is 11.2. The first kappa shape index (κ1) is 28.0. The summed E-state index contributed by atoms with van der Waals surface area (Å²) in [5.41, 5.74) is 0.797. The highest BCUT2D eigenvalue weighted by molar-refractivity contribution is 7.91. The number of hydrogen-bond acceptors (Lipinski definition) is 10. The van der Waals surface area contributed by atoms with Gasteiger partial charge in [0, 0.05) is 66.7 Å². The molecule has 3 aliphatic rings. The fourth-order valence-corrected chi connectivity index (χ4v) is 9.63.